The number of ether oxygens (including phenoxy) is 1. The summed E-state index contributed by atoms with van der Waals surface area (Å²) in [6, 6.07) is 0. The molecule has 0 saturated carbocycles. The van der Waals surface area contributed by atoms with E-state index < -0.39 is 0 Å². The lowest BCUT2D eigenvalue weighted by Gasteiger charge is -2.01. The number of H-pyrrole nitrogens is 1. The molecule has 0 radical (unpaired) electrons. The van der Waals surface area contributed by atoms with Crippen molar-refractivity contribution in [1.82, 2.24) is 14.8 Å². The third-order valence-corrected chi connectivity index (χ3v) is 3.20. The molecule has 0 bridgehead atoms. The number of ketones is 1. The van der Waals surface area contributed by atoms with Crippen LogP contribution in [0.4, 0.5) is 0 Å². The summed E-state index contributed by atoms with van der Waals surface area (Å²) < 4.78 is 6.04. The Morgan fingerprint density at radius 3 is 2.72 bits per heavy atom. The molecule has 0 aliphatic rings. The molecule has 1 aromatic rings. The molecule has 0 amide bonds. The first-order valence-electron chi connectivity index (χ1n) is 5.46. The molecule has 8 heteroatoms. The summed E-state index contributed by atoms with van der Waals surface area (Å²) in [6.45, 7) is 2.03. The first-order valence-corrected chi connectivity index (χ1v) is 6.44. The van der Waals surface area contributed by atoms with Crippen LogP contribution in [-0.4, -0.2) is 38.9 Å². The van der Waals surface area contributed by atoms with Crippen LogP contribution in [0.1, 0.15) is 19.8 Å². The van der Waals surface area contributed by atoms with Crippen LogP contribution in [0.15, 0.2) is 9.95 Å². The number of hydrogen-bond acceptors (Lipinski definition) is 6. The van der Waals surface area contributed by atoms with Crippen LogP contribution in [0, 0.1) is 0 Å². The van der Waals surface area contributed by atoms with Crippen molar-refractivity contribution in [3.05, 3.63) is 10.5 Å². The molecule has 0 aromatic carbocycles. The number of nitrogens with one attached hydrogen (secondary N) is 1. The van der Waals surface area contributed by atoms with Crippen molar-refractivity contribution < 1.29 is 14.3 Å². The molecule has 18 heavy (non-hydrogen) atoms. The van der Waals surface area contributed by atoms with Crippen LogP contribution < -0.4 is 5.69 Å². The fourth-order valence-electron chi connectivity index (χ4n) is 1.15. The van der Waals surface area contributed by atoms with Gasteiger partial charge in [0.05, 0.1) is 18.8 Å². The third kappa shape index (κ3) is 4.36. The van der Waals surface area contributed by atoms with Crippen molar-refractivity contribution in [3.8, 4) is 0 Å². The van der Waals surface area contributed by atoms with E-state index in [-0.39, 0.29) is 36.0 Å². The fourth-order valence-corrected chi connectivity index (χ4v) is 1.97. The first-order chi connectivity index (χ1) is 8.54. The normalized spacial score (nSPS) is 10.3. The predicted molar refractivity (Wildman–Crippen MR) is 65.4 cm³/mol. The third-order valence-electron chi connectivity index (χ3n) is 2.11. The number of aromatic amines is 1. The molecule has 0 unspecified atom stereocenters. The van der Waals surface area contributed by atoms with E-state index in [9.17, 15) is 14.4 Å². The second-order valence-electron chi connectivity index (χ2n) is 3.50. The van der Waals surface area contributed by atoms with Crippen molar-refractivity contribution >= 4 is 23.5 Å². The molecule has 1 rings (SSSR count). The molecule has 1 heterocycles. The number of carbonyl (C=O) groups excluding carboxylic acids is 2. The highest BCUT2D eigenvalue weighted by atomic mass is 32.2. The molecule has 0 saturated heterocycles. The summed E-state index contributed by atoms with van der Waals surface area (Å²) in [4.78, 5) is 33.6. The maximum Gasteiger partial charge on any atom is 0.343 e. The first kappa shape index (κ1) is 14.5. The number of thioether (sulfide) groups is 1. The molecular formula is C10H15N3O4S. The molecule has 0 spiro atoms. The molecule has 100 valence electrons. The van der Waals surface area contributed by atoms with E-state index >= 15 is 0 Å². The van der Waals surface area contributed by atoms with Gasteiger partial charge in [-0.3, -0.25) is 14.2 Å². The molecule has 0 aliphatic heterocycles. The van der Waals surface area contributed by atoms with Gasteiger partial charge in [-0.25, -0.2) is 9.89 Å². The van der Waals surface area contributed by atoms with Crippen LogP contribution in [0.5, 0.6) is 0 Å². The maximum atomic E-state index is 11.5. The van der Waals surface area contributed by atoms with Gasteiger partial charge in [0.1, 0.15) is 5.78 Å². The number of rotatable bonds is 7. The Balaban J connectivity index is 2.31. The molecular weight excluding hydrogens is 258 g/mol. The number of Topliss-reactive ketones (excluding diaryl/α,β-unsaturated/α-hetero) is 1. The van der Waals surface area contributed by atoms with E-state index in [1.807, 2.05) is 0 Å². The van der Waals surface area contributed by atoms with E-state index in [4.69, 9.17) is 4.74 Å². The Morgan fingerprint density at radius 1 is 1.44 bits per heavy atom. The van der Waals surface area contributed by atoms with Gasteiger partial charge in [0, 0.05) is 13.5 Å². The van der Waals surface area contributed by atoms with Gasteiger partial charge in [-0.2, -0.15) is 0 Å². The smallest absolute Gasteiger partial charge is 0.343 e. The van der Waals surface area contributed by atoms with Gasteiger partial charge in [0.25, 0.3) is 0 Å². The van der Waals surface area contributed by atoms with E-state index in [1.165, 1.54) is 4.57 Å². The quantitative estimate of drug-likeness (QED) is 0.560. The topological polar surface area (TPSA) is 94.1 Å². The molecule has 0 atom stereocenters. The zero-order chi connectivity index (χ0) is 13.5. The SMILES string of the molecule is CCOC(=O)CCC(=O)CSc1n[nH]c(=O)n1C. The van der Waals surface area contributed by atoms with Crippen LogP contribution >= 0.6 is 11.8 Å². The average molecular weight is 273 g/mol. The van der Waals surface area contributed by atoms with Crippen LogP contribution in [0.2, 0.25) is 0 Å². The van der Waals surface area contributed by atoms with E-state index in [2.05, 4.69) is 10.2 Å². The number of hydrogen-bond donors (Lipinski definition) is 1. The highest BCUT2D eigenvalue weighted by Crippen LogP contribution is 2.12. The van der Waals surface area contributed by atoms with E-state index in [0.29, 0.717) is 11.8 Å². The van der Waals surface area contributed by atoms with Crippen molar-refractivity contribution in [2.75, 3.05) is 12.4 Å². The van der Waals surface area contributed by atoms with Crippen molar-refractivity contribution in [1.29, 1.82) is 0 Å². The van der Waals surface area contributed by atoms with Crippen molar-refractivity contribution in [2.45, 2.75) is 24.9 Å². The minimum absolute atomic E-state index is 0.0801. The maximum absolute atomic E-state index is 11.5. The standard InChI is InChI=1S/C10H15N3O4S/c1-3-17-8(15)5-4-7(14)6-18-10-12-11-9(16)13(10)2/h3-6H2,1-2H3,(H,11,16). The molecule has 1 N–H and O–H groups in total. The van der Waals surface area contributed by atoms with Crippen LogP contribution in [0.25, 0.3) is 0 Å². The van der Waals surface area contributed by atoms with Crippen molar-refractivity contribution in [3.63, 3.8) is 0 Å². The van der Waals surface area contributed by atoms with Gasteiger partial charge in [0.2, 0.25) is 0 Å². The van der Waals surface area contributed by atoms with Gasteiger partial charge in [-0.15, -0.1) is 5.10 Å². The largest absolute Gasteiger partial charge is 0.466 e. The van der Waals surface area contributed by atoms with Gasteiger partial charge >= 0.3 is 11.7 Å². The second kappa shape index (κ2) is 7.00. The van der Waals surface area contributed by atoms with Gasteiger partial charge in [-0.1, -0.05) is 11.8 Å². The Bertz CT molecular complexity index is 480. The Hall–Kier alpha value is -1.57. The number of aromatic nitrogens is 3. The van der Waals surface area contributed by atoms with Crippen molar-refractivity contribution in [2.24, 2.45) is 7.05 Å². The number of nitrogens with zero attached hydrogens (tertiary/aromatic N) is 2. The highest BCUT2D eigenvalue weighted by molar-refractivity contribution is 7.99. The lowest BCUT2D eigenvalue weighted by atomic mass is 10.2. The molecule has 0 aliphatic carbocycles. The van der Waals surface area contributed by atoms with Gasteiger partial charge < -0.3 is 4.74 Å². The summed E-state index contributed by atoms with van der Waals surface area (Å²) in [5.41, 5.74) is -0.323. The Labute approximate surface area is 108 Å². The lowest BCUT2D eigenvalue weighted by molar-refractivity contribution is -0.144. The minimum Gasteiger partial charge on any atom is -0.466 e. The summed E-state index contributed by atoms with van der Waals surface area (Å²) >= 11 is 1.16. The number of esters is 1. The fraction of sp³-hybridized carbons (Fsp3) is 0.600. The minimum atomic E-state index is -0.372. The second-order valence-corrected chi connectivity index (χ2v) is 4.45. The highest BCUT2D eigenvalue weighted by Gasteiger charge is 2.10. The lowest BCUT2D eigenvalue weighted by Crippen LogP contribution is -2.13. The summed E-state index contributed by atoms with van der Waals surface area (Å²) in [7, 11) is 1.57. The zero-order valence-corrected chi connectivity index (χ0v) is 11.1. The summed E-state index contributed by atoms with van der Waals surface area (Å²) in [5, 5.41) is 6.48. The number of carbonyl (C=O) groups is 2. The van der Waals surface area contributed by atoms with Gasteiger partial charge in [-0.05, 0) is 6.92 Å². The van der Waals surface area contributed by atoms with Crippen LogP contribution in [0.3, 0.4) is 0 Å². The summed E-state index contributed by atoms with van der Waals surface area (Å²) in [5.74, 6) is -0.274. The Kier molecular flexibility index (Phi) is 5.63. The zero-order valence-electron chi connectivity index (χ0n) is 10.3. The molecule has 1 aromatic heterocycles. The van der Waals surface area contributed by atoms with Crippen LogP contribution in [-0.2, 0) is 21.4 Å². The van der Waals surface area contributed by atoms with E-state index in [1.54, 1.807) is 14.0 Å². The molecule has 0 fully saturated rings. The summed E-state index contributed by atoms with van der Waals surface area (Å²) in [6.07, 6.45) is 0.233. The predicted octanol–water partition coefficient (Wildman–Crippen LogP) is 0.113. The monoisotopic (exact) mass is 273 g/mol. The Morgan fingerprint density at radius 2 is 2.17 bits per heavy atom. The average Bonchev–Trinajstić information content (AvgIpc) is 2.65. The van der Waals surface area contributed by atoms with E-state index in [0.717, 1.165) is 11.8 Å². The van der Waals surface area contributed by atoms with Gasteiger partial charge in [0.15, 0.2) is 5.16 Å². The molecule has 7 nitrogen and oxygen atoms in total.